The second kappa shape index (κ2) is 5.55. The fourth-order valence-corrected chi connectivity index (χ4v) is 3.70. The molecule has 0 unspecified atom stereocenters. The summed E-state index contributed by atoms with van der Waals surface area (Å²) in [6, 6.07) is 4.53. The van der Waals surface area contributed by atoms with E-state index < -0.39 is 0 Å². The summed E-state index contributed by atoms with van der Waals surface area (Å²) in [6.07, 6.45) is 1.96. The number of imidazole rings is 1. The second-order valence-corrected chi connectivity index (χ2v) is 6.80. The SMILES string of the molecule is CC(C)N(Cc1cccs1)c1nc2sccn2c1CO. The zero-order valence-electron chi connectivity index (χ0n) is 11.5. The number of rotatable bonds is 5. The van der Waals surface area contributed by atoms with E-state index in [4.69, 9.17) is 4.98 Å². The highest BCUT2D eigenvalue weighted by Gasteiger charge is 2.21. The monoisotopic (exact) mass is 307 g/mol. The van der Waals surface area contributed by atoms with Crippen LogP contribution in [0.1, 0.15) is 24.4 Å². The molecule has 0 amide bonds. The minimum Gasteiger partial charge on any atom is -0.390 e. The number of aromatic nitrogens is 2. The lowest BCUT2D eigenvalue weighted by Gasteiger charge is -2.27. The van der Waals surface area contributed by atoms with Crippen LogP contribution in [0.2, 0.25) is 0 Å². The van der Waals surface area contributed by atoms with Crippen LogP contribution < -0.4 is 4.90 Å². The molecule has 0 radical (unpaired) electrons. The molecule has 0 aliphatic rings. The van der Waals surface area contributed by atoms with Gasteiger partial charge >= 0.3 is 0 Å². The standard InChI is InChI=1S/C14H17N3OS2/c1-10(2)17(8-11-4-3-6-19-11)13-12(9-18)16-5-7-20-14(16)15-13/h3-7,10,18H,8-9H2,1-2H3. The highest BCUT2D eigenvalue weighted by molar-refractivity contribution is 7.15. The Kier molecular flexibility index (Phi) is 3.78. The minimum absolute atomic E-state index is 0.000887. The largest absolute Gasteiger partial charge is 0.390 e. The van der Waals surface area contributed by atoms with Crippen molar-refractivity contribution >= 4 is 33.5 Å². The van der Waals surface area contributed by atoms with Gasteiger partial charge in [-0.2, -0.15) is 0 Å². The van der Waals surface area contributed by atoms with Crippen molar-refractivity contribution in [3.8, 4) is 0 Å². The third kappa shape index (κ3) is 2.34. The lowest BCUT2D eigenvalue weighted by atomic mass is 10.2. The summed E-state index contributed by atoms with van der Waals surface area (Å²) in [5, 5.41) is 13.8. The summed E-state index contributed by atoms with van der Waals surface area (Å²) < 4.78 is 1.98. The molecule has 3 rings (SSSR count). The van der Waals surface area contributed by atoms with Gasteiger partial charge in [0.2, 0.25) is 0 Å². The van der Waals surface area contributed by atoms with Crippen LogP contribution in [0, 0.1) is 0 Å². The van der Waals surface area contributed by atoms with E-state index >= 15 is 0 Å². The number of thiazole rings is 1. The molecule has 3 aromatic rings. The van der Waals surface area contributed by atoms with Gasteiger partial charge in [0, 0.05) is 22.5 Å². The first-order chi connectivity index (χ1) is 9.70. The van der Waals surface area contributed by atoms with E-state index in [0.717, 1.165) is 23.0 Å². The number of hydrogen-bond acceptors (Lipinski definition) is 5. The molecule has 0 saturated heterocycles. The predicted octanol–water partition coefficient (Wildman–Crippen LogP) is 3.36. The van der Waals surface area contributed by atoms with Gasteiger partial charge in [0.1, 0.15) is 0 Å². The van der Waals surface area contributed by atoms with Crippen molar-refractivity contribution in [2.24, 2.45) is 0 Å². The number of thiophene rings is 1. The molecule has 0 spiro atoms. The Bertz CT molecular complexity index is 684. The van der Waals surface area contributed by atoms with Crippen molar-refractivity contribution in [3.63, 3.8) is 0 Å². The highest BCUT2D eigenvalue weighted by Crippen LogP contribution is 2.28. The Balaban J connectivity index is 2.02. The van der Waals surface area contributed by atoms with Gasteiger partial charge in [-0.1, -0.05) is 6.07 Å². The van der Waals surface area contributed by atoms with Crippen LogP contribution >= 0.6 is 22.7 Å². The number of fused-ring (bicyclic) bond motifs is 1. The molecule has 0 aromatic carbocycles. The van der Waals surface area contributed by atoms with E-state index in [0.29, 0.717) is 6.04 Å². The van der Waals surface area contributed by atoms with Gasteiger partial charge in [0.15, 0.2) is 10.8 Å². The molecule has 0 saturated carbocycles. The van der Waals surface area contributed by atoms with Crippen molar-refractivity contribution in [2.75, 3.05) is 4.90 Å². The van der Waals surface area contributed by atoms with E-state index in [1.807, 2.05) is 16.0 Å². The van der Waals surface area contributed by atoms with Crippen molar-refractivity contribution < 1.29 is 5.11 Å². The van der Waals surface area contributed by atoms with E-state index in [-0.39, 0.29) is 6.61 Å². The van der Waals surface area contributed by atoms with Gasteiger partial charge in [-0.15, -0.1) is 22.7 Å². The maximum absolute atomic E-state index is 9.70. The number of anilines is 1. The summed E-state index contributed by atoms with van der Waals surface area (Å²) >= 11 is 3.34. The summed E-state index contributed by atoms with van der Waals surface area (Å²) in [7, 11) is 0. The molecule has 20 heavy (non-hydrogen) atoms. The zero-order chi connectivity index (χ0) is 14.1. The van der Waals surface area contributed by atoms with Crippen LogP contribution in [0.15, 0.2) is 29.1 Å². The molecule has 6 heteroatoms. The van der Waals surface area contributed by atoms with Gasteiger partial charge in [-0.05, 0) is 25.3 Å². The molecule has 3 aromatic heterocycles. The predicted molar refractivity (Wildman–Crippen MR) is 84.6 cm³/mol. The Morgan fingerprint density at radius 3 is 2.85 bits per heavy atom. The van der Waals surface area contributed by atoms with Gasteiger partial charge in [0.25, 0.3) is 0 Å². The molecule has 1 N–H and O–H groups in total. The van der Waals surface area contributed by atoms with E-state index in [2.05, 4.69) is 36.3 Å². The zero-order valence-corrected chi connectivity index (χ0v) is 13.1. The third-order valence-corrected chi connectivity index (χ3v) is 4.91. The maximum Gasteiger partial charge on any atom is 0.195 e. The second-order valence-electron chi connectivity index (χ2n) is 4.90. The van der Waals surface area contributed by atoms with Gasteiger partial charge < -0.3 is 10.0 Å². The number of nitrogens with zero attached hydrogens (tertiary/aromatic N) is 3. The fraction of sp³-hybridized carbons (Fsp3) is 0.357. The number of hydrogen-bond donors (Lipinski definition) is 1. The van der Waals surface area contributed by atoms with Crippen molar-refractivity contribution in [1.29, 1.82) is 0 Å². The van der Waals surface area contributed by atoms with Crippen LogP contribution in [0.3, 0.4) is 0 Å². The van der Waals surface area contributed by atoms with Crippen LogP contribution in [0.4, 0.5) is 5.82 Å². The Morgan fingerprint density at radius 2 is 2.20 bits per heavy atom. The van der Waals surface area contributed by atoms with E-state index in [1.165, 1.54) is 4.88 Å². The lowest BCUT2D eigenvalue weighted by Crippen LogP contribution is -2.31. The Hall–Kier alpha value is -1.37. The smallest absolute Gasteiger partial charge is 0.195 e. The molecule has 4 nitrogen and oxygen atoms in total. The summed E-state index contributed by atoms with van der Waals surface area (Å²) in [5.74, 6) is 0.891. The van der Waals surface area contributed by atoms with Crippen LogP contribution in [0.5, 0.6) is 0 Å². The Labute approximate surface area is 125 Å². The number of aliphatic hydroxyl groups excluding tert-OH is 1. The van der Waals surface area contributed by atoms with Gasteiger partial charge in [0.05, 0.1) is 18.8 Å². The van der Waals surface area contributed by atoms with E-state index in [9.17, 15) is 5.11 Å². The minimum atomic E-state index is 0.000887. The summed E-state index contributed by atoms with van der Waals surface area (Å²) in [5.41, 5.74) is 0.867. The van der Waals surface area contributed by atoms with Crippen molar-refractivity contribution in [2.45, 2.75) is 33.0 Å². The topological polar surface area (TPSA) is 40.8 Å². The molecular formula is C14H17N3OS2. The molecule has 0 bridgehead atoms. The van der Waals surface area contributed by atoms with E-state index in [1.54, 1.807) is 22.7 Å². The van der Waals surface area contributed by atoms with Crippen LogP contribution in [0.25, 0.3) is 4.96 Å². The molecular weight excluding hydrogens is 290 g/mol. The summed E-state index contributed by atoms with van der Waals surface area (Å²) in [4.78, 5) is 9.18. The molecule has 3 heterocycles. The quantitative estimate of drug-likeness (QED) is 0.786. The lowest BCUT2D eigenvalue weighted by molar-refractivity contribution is 0.276. The average molecular weight is 307 g/mol. The fourth-order valence-electron chi connectivity index (χ4n) is 2.27. The normalized spacial score (nSPS) is 11.6. The Morgan fingerprint density at radius 1 is 1.35 bits per heavy atom. The first-order valence-corrected chi connectivity index (χ1v) is 8.31. The number of aliphatic hydroxyl groups is 1. The maximum atomic E-state index is 9.70. The first-order valence-electron chi connectivity index (χ1n) is 6.55. The van der Waals surface area contributed by atoms with Gasteiger partial charge in [-0.25, -0.2) is 4.98 Å². The van der Waals surface area contributed by atoms with Crippen molar-refractivity contribution in [3.05, 3.63) is 39.7 Å². The molecule has 106 valence electrons. The van der Waals surface area contributed by atoms with Crippen molar-refractivity contribution in [1.82, 2.24) is 9.38 Å². The molecule has 0 aliphatic heterocycles. The van der Waals surface area contributed by atoms with Crippen LogP contribution in [-0.4, -0.2) is 20.5 Å². The van der Waals surface area contributed by atoms with Gasteiger partial charge in [-0.3, -0.25) is 4.40 Å². The average Bonchev–Trinajstić information content (AvgIpc) is 3.11. The third-order valence-electron chi connectivity index (χ3n) is 3.29. The molecule has 0 atom stereocenters. The highest BCUT2D eigenvalue weighted by atomic mass is 32.1. The summed E-state index contributed by atoms with van der Waals surface area (Å²) in [6.45, 7) is 5.14. The first kappa shape index (κ1) is 13.6. The van der Waals surface area contributed by atoms with Crippen LogP contribution in [-0.2, 0) is 13.2 Å². The molecule has 0 aliphatic carbocycles. The molecule has 0 fully saturated rings.